The molecule has 3 rings (SSSR count). The Bertz CT molecular complexity index is 821. The Morgan fingerprint density at radius 1 is 1.12 bits per heavy atom. The topological polar surface area (TPSA) is 88.2 Å². The summed E-state index contributed by atoms with van der Waals surface area (Å²) in [4.78, 5) is 11.9. The van der Waals surface area contributed by atoms with Crippen LogP contribution in [0.2, 0.25) is 0 Å². The van der Waals surface area contributed by atoms with Crippen LogP contribution in [0.1, 0.15) is 11.5 Å². The maximum Gasteiger partial charge on any atom is 0.277 e. The van der Waals surface area contributed by atoms with Crippen LogP contribution in [-0.4, -0.2) is 27.0 Å². The first-order valence-electron chi connectivity index (χ1n) is 7.27. The van der Waals surface area contributed by atoms with Crippen molar-refractivity contribution in [2.75, 3.05) is 11.1 Å². The summed E-state index contributed by atoms with van der Waals surface area (Å²) in [5.41, 5.74) is 1.62. The Hall–Kier alpha value is -2.80. The fourth-order valence-corrected chi connectivity index (χ4v) is 2.63. The first kappa shape index (κ1) is 16.1. The SMILES string of the molecule is O=C(CSc1nnc(Cc2ccccc2)o1)Nc1cccc(O)c1. The van der Waals surface area contributed by atoms with Crippen LogP contribution in [0.5, 0.6) is 5.75 Å². The zero-order valence-corrected chi connectivity index (χ0v) is 13.5. The van der Waals surface area contributed by atoms with Gasteiger partial charge in [0.2, 0.25) is 11.8 Å². The molecule has 1 heterocycles. The van der Waals surface area contributed by atoms with Crippen LogP contribution in [0, 0.1) is 0 Å². The van der Waals surface area contributed by atoms with Crippen LogP contribution < -0.4 is 5.32 Å². The lowest BCUT2D eigenvalue weighted by Crippen LogP contribution is -2.13. The van der Waals surface area contributed by atoms with E-state index in [-0.39, 0.29) is 17.4 Å². The molecule has 3 aromatic rings. The highest BCUT2D eigenvalue weighted by Gasteiger charge is 2.10. The molecule has 0 saturated carbocycles. The van der Waals surface area contributed by atoms with Crippen molar-refractivity contribution in [1.82, 2.24) is 10.2 Å². The highest BCUT2D eigenvalue weighted by atomic mass is 32.2. The summed E-state index contributed by atoms with van der Waals surface area (Å²) in [6.07, 6.45) is 0.559. The van der Waals surface area contributed by atoms with Gasteiger partial charge in [0.25, 0.3) is 5.22 Å². The highest BCUT2D eigenvalue weighted by Crippen LogP contribution is 2.19. The molecule has 0 atom stereocenters. The molecule has 0 aliphatic heterocycles. The second-order valence-electron chi connectivity index (χ2n) is 5.01. The van der Waals surface area contributed by atoms with E-state index in [0.29, 0.717) is 23.2 Å². The number of anilines is 1. The summed E-state index contributed by atoms with van der Waals surface area (Å²) in [6, 6.07) is 16.2. The standard InChI is InChI=1S/C17H15N3O3S/c21-14-8-4-7-13(10-14)18-15(22)11-24-17-20-19-16(23-17)9-12-5-2-1-3-6-12/h1-8,10,21H,9,11H2,(H,18,22). The normalized spacial score (nSPS) is 10.5. The predicted octanol–water partition coefficient (Wildman–Crippen LogP) is 3.10. The van der Waals surface area contributed by atoms with Crippen molar-refractivity contribution in [2.24, 2.45) is 0 Å². The van der Waals surface area contributed by atoms with Crippen molar-refractivity contribution in [3.05, 3.63) is 66.1 Å². The van der Waals surface area contributed by atoms with Crippen molar-refractivity contribution in [1.29, 1.82) is 0 Å². The molecule has 2 N–H and O–H groups in total. The number of aromatic nitrogens is 2. The fourth-order valence-electron chi connectivity index (χ4n) is 2.05. The number of benzene rings is 2. The molecule has 0 aliphatic carbocycles. The summed E-state index contributed by atoms with van der Waals surface area (Å²) in [7, 11) is 0. The van der Waals surface area contributed by atoms with Crippen LogP contribution in [0.25, 0.3) is 0 Å². The number of hydrogen-bond donors (Lipinski definition) is 2. The smallest absolute Gasteiger partial charge is 0.277 e. The average Bonchev–Trinajstić information content (AvgIpc) is 3.01. The third-order valence-corrected chi connectivity index (χ3v) is 3.92. The van der Waals surface area contributed by atoms with Crippen molar-refractivity contribution in [3.8, 4) is 5.75 Å². The van der Waals surface area contributed by atoms with E-state index in [1.54, 1.807) is 12.1 Å². The van der Waals surface area contributed by atoms with Crippen molar-refractivity contribution in [2.45, 2.75) is 11.6 Å². The lowest BCUT2D eigenvalue weighted by molar-refractivity contribution is -0.113. The number of thioether (sulfide) groups is 1. The van der Waals surface area contributed by atoms with Gasteiger partial charge in [0.1, 0.15) is 5.75 Å². The molecule has 122 valence electrons. The molecule has 24 heavy (non-hydrogen) atoms. The molecule has 0 fully saturated rings. The molecule has 1 amide bonds. The van der Waals surface area contributed by atoms with Gasteiger partial charge in [-0.1, -0.05) is 48.2 Å². The molecule has 7 heteroatoms. The van der Waals surface area contributed by atoms with Crippen LogP contribution in [0.15, 0.2) is 64.2 Å². The molecule has 6 nitrogen and oxygen atoms in total. The van der Waals surface area contributed by atoms with E-state index < -0.39 is 0 Å². The van der Waals surface area contributed by atoms with Crippen LogP contribution >= 0.6 is 11.8 Å². The second-order valence-corrected chi connectivity index (χ2v) is 5.94. The predicted molar refractivity (Wildman–Crippen MR) is 91.0 cm³/mol. The number of nitrogens with zero attached hydrogens (tertiary/aromatic N) is 2. The van der Waals surface area contributed by atoms with Crippen molar-refractivity contribution < 1.29 is 14.3 Å². The summed E-state index contributed by atoms with van der Waals surface area (Å²) in [5.74, 6) is 0.538. The van der Waals surface area contributed by atoms with E-state index in [9.17, 15) is 9.90 Å². The Balaban J connectivity index is 1.51. The molecule has 2 aromatic carbocycles. The van der Waals surface area contributed by atoms with E-state index in [1.165, 1.54) is 23.9 Å². The van der Waals surface area contributed by atoms with E-state index in [2.05, 4.69) is 15.5 Å². The van der Waals surface area contributed by atoms with Gasteiger partial charge < -0.3 is 14.8 Å². The molecule has 0 bridgehead atoms. The van der Waals surface area contributed by atoms with Crippen LogP contribution in [0.3, 0.4) is 0 Å². The van der Waals surface area contributed by atoms with Crippen LogP contribution in [0.4, 0.5) is 5.69 Å². The Kier molecular flexibility index (Phi) is 5.12. The van der Waals surface area contributed by atoms with Gasteiger partial charge in [-0.3, -0.25) is 4.79 Å². The monoisotopic (exact) mass is 341 g/mol. The Morgan fingerprint density at radius 3 is 2.75 bits per heavy atom. The molecule has 0 aliphatic rings. The van der Waals surface area contributed by atoms with Gasteiger partial charge in [-0.05, 0) is 17.7 Å². The number of rotatable bonds is 6. The third kappa shape index (κ3) is 4.60. The molecule has 0 radical (unpaired) electrons. The minimum Gasteiger partial charge on any atom is -0.508 e. The number of carbonyl (C=O) groups excluding carboxylic acids is 1. The minimum atomic E-state index is -0.214. The fraction of sp³-hybridized carbons (Fsp3) is 0.118. The van der Waals surface area contributed by atoms with E-state index in [4.69, 9.17) is 4.42 Å². The minimum absolute atomic E-state index is 0.0999. The summed E-state index contributed by atoms with van der Waals surface area (Å²) < 4.78 is 5.53. The zero-order valence-electron chi connectivity index (χ0n) is 12.7. The lowest BCUT2D eigenvalue weighted by atomic mass is 10.2. The molecule has 1 aromatic heterocycles. The summed E-state index contributed by atoms with van der Waals surface area (Å²) in [6.45, 7) is 0. The van der Waals surface area contributed by atoms with Gasteiger partial charge in [0.15, 0.2) is 0 Å². The summed E-state index contributed by atoms with van der Waals surface area (Å²) >= 11 is 1.17. The largest absolute Gasteiger partial charge is 0.508 e. The number of carbonyl (C=O) groups is 1. The zero-order chi connectivity index (χ0) is 16.8. The second kappa shape index (κ2) is 7.65. The lowest BCUT2D eigenvalue weighted by Gasteiger charge is -2.03. The van der Waals surface area contributed by atoms with Gasteiger partial charge in [-0.25, -0.2) is 0 Å². The van der Waals surface area contributed by atoms with E-state index in [1.807, 2.05) is 30.3 Å². The third-order valence-electron chi connectivity index (χ3n) is 3.10. The van der Waals surface area contributed by atoms with Crippen LogP contribution in [-0.2, 0) is 11.2 Å². The number of phenols is 1. The highest BCUT2D eigenvalue weighted by molar-refractivity contribution is 7.99. The molecule has 0 spiro atoms. The summed E-state index contributed by atoms with van der Waals surface area (Å²) in [5, 5.41) is 20.3. The molecule has 0 unspecified atom stereocenters. The maximum atomic E-state index is 11.9. The quantitative estimate of drug-likeness (QED) is 0.670. The van der Waals surface area contributed by atoms with Gasteiger partial charge >= 0.3 is 0 Å². The first-order valence-corrected chi connectivity index (χ1v) is 8.25. The molecular weight excluding hydrogens is 326 g/mol. The maximum absolute atomic E-state index is 11.9. The van der Waals surface area contributed by atoms with Crippen molar-refractivity contribution in [3.63, 3.8) is 0 Å². The Morgan fingerprint density at radius 2 is 1.96 bits per heavy atom. The number of phenolic OH excluding ortho intramolecular Hbond substituents is 1. The van der Waals surface area contributed by atoms with Gasteiger partial charge in [-0.15, -0.1) is 10.2 Å². The van der Waals surface area contributed by atoms with Gasteiger partial charge in [0, 0.05) is 11.8 Å². The van der Waals surface area contributed by atoms with E-state index >= 15 is 0 Å². The number of nitrogens with one attached hydrogen (secondary N) is 1. The molecular formula is C17H15N3O3S. The van der Waals surface area contributed by atoms with E-state index in [0.717, 1.165) is 5.56 Å². The van der Waals surface area contributed by atoms with Crippen molar-refractivity contribution >= 4 is 23.4 Å². The first-order chi connectivity index (χ1) is 11.7. The number of hydrogen-bond acceptors (Lipinski definition) is 6. The molecule has 0 saturated heterocycles. The number of amides is 1. The van der Waals surface area contributed by atoms with Gasteiger partial charge in [-0.2, -0.15) is 0 Å². The average molecular weight is 341 g/mol. The van der Waals surface area contributed by atoms with Gasteiger partial charge in [0.05, 0.1) is 12.2 Å². The number of aromatic hydroxyl groups is 1. The Labute approximate surface area is 142 Å².